The van der Waals surface area contributed by atoms with E-state index < -0.39 is 16.6 Å². The number of aromatic amines is 3. The summed E-state index contributed by atoms with van der Waals surface area (Å²) in [7, 11) is 0. The zero-order valence-corrected chi connectivity index (χ0v) is 21.5. The molecule has 5 aromatic carbocycles. The first-order valence-electron chi connectivity index (χ1n) is 12.7. The maximum Gasteiger partial charge on any atom is 0.323 e. The highest BCUT2D eigenvalue weighted by Gasteiger charge is 2.22. The van der Waals surface area contributed by atoms with Crippen LogP contribution >= 0.6 is 0 Å². The van der Waals surface area contributed by atoms with Gasteiger partial charge in [0.2, 0.25) is 0 Å². The molecule has 42 heavy (non-hydrogen) atoms. The number of fused-ring (bicyclic) bond motifs is 6. The Labute approximate surface area is 234 Å². The lowest BCUT2D eigenvalue weighted by molar-refractivity contribution is -0.384. The second-order valence-electron chi connectivity index (χ2n) is 9.65. The second kappa shape index (κ2) is 9.41. The minimum atomic E-state index is -0.602. The molecular weight excluding hydrogens is 538 g/mol. The number of benzene rings is 5. The largest absolute Gasteiger partial charge is 0.505 e. The summed E-state index contributed by atoms with van der Waals surface area (Å²) in [6.45, 7) is 0. The van der Waals surface area contributed by atoms with Crippen LogP contribution in [0.15, 0.2) is 100.0 Å². The van der Waals surface area contributed by atoms with Crippen LogP contribution in [0.3, 0.4) is 0 Å². The van der Waals surface area contributed by atoms with E-state index in [0.717, 1.165) is 16.3 Å². The molecule has 12 nitrogen and oxygen atoms in total. The van der Waals surface area contributed by atoms with Gasteiger partial charge < -0.3 is 25.4 Å². The summed E-state index contributed by atoms with van der Waals surface area (Å²) in [5, 5.41) is 36.9. The van der Waals surface area contributed by atoms with Gasteiger partial charge in [0.15, 0.2) is 5.75 Å². The topological polar surface area (TPSA) is 182 Å². The number of phenolic OH excluding ortho intramolecular Hbond substituents is 1. The Kier molecular flexibility index (Phi) is 5.54. The monoisotopic (exact) mass is 557 g/mol. The molecule has 1 amide bonds. The molecule has 5 N–H and O–H groups in total. The average molecular weight is 558 g/mol. The summed E-state index contributed by atoms with van der Waals surface area (Å²) >= 11 is 0. The van der Waals surface area contributed by atoms with Gasteiger partial charge in [-0.2, -0.15) is 5.11 Å². The number of hydrogen-bond donors (Lipinski definition) is 5. The van der Waals surface area contributed by atoms with Gasteiger partial charge in [-0.1, -0.05) is 30.3 Å². The Bertz CT molecular complexity index is 2310. The van der Waals surface area contributed by atoms with E-state index in [4.69, 9.17) is 0 Å². The molecule has 0 radical (unpaired) electrons. The van der Waals surface area contributed by atoms with Gasteiger partial charge in [-0.05, 0) is 47.9 Å². The Morgan fingerprint density at radius 1 is 0.833 bits per heavy atom. The molecule has 0 fully saturated rings. The van der Waals surface area contributed by atoms with Crippen LogP contribution in [0, 0.1) is 10.1 Å². The Morgan fingerprint density at radius 3 is 2.43 bits per heavy atom. The first kappa shape index (κ1) is 24.7. The van der Waals surface area contributed by atoms with Crippen molar-refractivity contribution in [3.63, 3.8) is 0 Å². The minimum Gasteiger partial charge on any atom is -0.505 e. The Balaban J connectivity index is 1.39. The van der Waals surface area contributed by atoms with Gasteiger partial charge in [0.05, 0.1) is 32.7 Å². The number of azo groups is 1. The van der Waals surface area contributed by atoms with Gasteiger partial charge in [0, 0.05) is 39.5 Å². The summed E-state index contributed by atoms with van der Waals surface area (Å²) in [5.74, 6) is -0.997. The molecule has 2 aromatic heterocycles. The van der Waals surface area contributed by atoms with E-state index in [1.807, 2.05) is 36.4 Å². The smallest absolute Gasteiger partial charge is 0.323 e. The quantitative estimate of drug-likeness (QED) is 0.0872. The SMILES string of the molecule is O=C(Nc1ccc2[nH]c(=O)[nH]c2c1)c1cc2ccc3c4ccccc4[nH]c3c2c(N=Nc2ccc([N+](=O)[O-])cc2)c1O. The average Bonchev–Trinajstić information content (AvgIpc) is 3.55. The zero-order chi connectivity index (χ0) is 29.0. The third-order valence-electron chi connectivity index (χ3n) is 7.08. The van der Waals surface area contributed by atoms with Gasteiger partial charge in [-0.25, -0.2) is 4.79 Å². The van der Waals surface area contributed by atoms with E-state index in [2.05, 4.69) is 30.5 Å². The molecular formula is C30H19N7O5. The van der Waals surface area contributed by atoms with Crippen LogP contribution in [0.25, 0.3) is 43.6 Å². The molecule has 0 bridgehead atoms. The molecule has 0 unspecified atom stereocenters. The fourth-order valence-electron chi connectivity index (χ4n) is 5.11. The van der Waals surface area contributed by atoms with E-state index in [-0.39, 0.29) is 22.6 Å². The summed E-state index contributed by atoms with van der Waals surface area (Å²) in [6, 6.07) is 23.5. The first-order valence-corrected chi connectivity index (χ1v) is 12.7. The summed E-state index contributed by atoms with van der Waals surface area (Å²) in [6.07, 6.45) is 0. The number of aromatic hydroxyl groups is 1. The molecule has 7 rings (SSSR count). The van der Waals surface area contributed by atoms with Gasteiger partial charge >= 0.3 is 5.69 Å². The fourth-order valence-corrected chi connectivity index (χ4v) is 5.11. The number of nitro groups is 1. The third-order valence-corrected chi connectivity index (χ3v) is 7.08. The van der Waals surface area contributed by atoms with Crippen molar-refractivity contribution >= 4 is 72.3 Å². The third kappa shape index (κ3) is 4.10. The van der Waals surface area contributed by atoms with Crippen LogP contribution in [0.4, 0.5) is 22.7 Å². The molecule has 0 atom stereocenters. The summed E-state index contributed by atoms with van der Waals surface area (Å²) in [5.41, 5.74) is 2.96. The van der Waals surface area contributed by atoms with E-state index in [1.54, 1.807) is 24.3 Å². The molecule has 0 saturated carbocycles. The maximum absolute atomic E-state index is 13.5. The molecule has 0 aliphatic heterocycles. The lowest BCUT2D eigenvalue weighted by Gasteiger charge is -2.12. The lowest BCUT2D eigenvalue weighted by atomic mass is 10.00. The standard InChI is InChI=1S/C30H19N7O5/c38-28-21(29(39)31-17-8-12-23-24(14-17)34-30(40)33-23)13-15-5-11-20-19-3-1-2-4-22(19)32-26(20)25(15)27(28)36-35-16-6-9-18(10-7-16)37(41)42/h1-14,32,38H,(H,31,39)(H2,33,34,40). The van der Waals surface area contributed by atoms with Crippen LogP contribution in [-0.4, -0.2) is 30.9 Å². The number of rotatable bonds is 5. The highest BCUT2D eigenvalue weighted by Crippen LogP contribution is 2.44. The predicted molar refractivity (Wildman–Crippen MR) is 159 cm³/mol. The molecule has 12 heteroatoms. The molecule has 0 aliphatic carbocycles. The lowest BCUT2D eigenvalue weighted by Crippen LogP contribution is -2.12. The first-order chi connectivity index (χ1) is 20.4. The maximum atomic E-state index is 13.5. The van der Waals surface area contributed by atoms with Crippen molar-refractivity contribution in [1.29, 1.82) is 0 Å². The molecule has 0 spiro atoms. The normalized spacial score (nSPS) is 11.7. The number of nitrogens with one attached hydrogen (secondary N) is 4. The fraction of sp³-hybridized carbons (Fsp3) is 0. The summed E-state index contributed by atoms with van der Waals surface area (Å²) < 4.78 is 0. The summed E-state index contributed by atoms with van der Waals surface area (Å²) in [4.78, 5) is 44.3. The second-order valence-corrected chi connectivity index (χ2v) is 9.65. The highest BCUT2D eigenvalue weighted by atomic mass is 16.6. The number of non-ortho nitro benzene ring substituents is 1. The molecule has 7 aromatic rings. The number of hydrogen-bond acceptors (Lipinski definition) is 7. The number of aromatic nitrogens is 3. The van der Waals surface area contributed by atoms with E-state index in [9.17, 15) is 24.8 Å². The number of anilines is 1. The van der Waals surface area contributed by atoms with Gasteiger partial charge in [0.1, 0.15) is 5.69 Å². The molecule has 2 heterocycles. The number of nitro benzene ring substituents is 1. The van der Waals surface area contributed by atoms with E-state index in [0.29, 0.717) is 38.7 Å². The predicted octanol–water partition coefficient (Wildman–Crippen LogP) is 6.93. The number of imidazole rings is 1. The number of nitrogens with zero attached hydrogens (tertiary/aromatic N) is 3. The number of carbonyl (C=O) groups excluding carboxylic acids is 1. The number of phenols is 1. The van der Waals surface area contributed by atoms with Crippen LogP contribution in [0.2, 0.25) is 0 Å². The van der Waals surface area contributed by atoms with Crippen molar-refractivity contribution < 1.29 is 14.8 Å². The van der Waals surface area contributed by atoms with Crippen molar-refractivity contribution in [2.45, 2.75) is 0 Å². The van der Waals surface area contributed by atoms with Gasteiger partial charge in [0.25, 0.3) is 11.6 Å². The Morgan fingerprint density at radius 2 is 1.62 bits per heavy atom. The van der Waals surface area contributed by atoms with Gasteiger partial charge in [-0.3, -0.25) is 14.9 Å². The Hall–Kier alpha value is -6.30. The van der Waals surface area contributed by atoms with E-state index in [1.165, 1.54) is 24.3 Å². The number of H-pyrrole nitrogens is 3. The zero-order valence-electron chi connectivity index (χ0n) is 21.5. The van der Waals surface area contributed by atoms with Crippen LogP contribution in [0.5, 0.6) is 5.75 Å². The van der Waals surface area contributed by atoms with Crippen molar-refractivity contribution in [2.24, 2.45) is 10.2 Å². The molecule has 0 aliphatic rings. The van der Waals surface area contributed by atoms with Crippen LogP contribution < -0.4 is 11.0 Å². The number of para-hydroxylation sites is 1. The highest BCUT2D eigenvalue weighted by molar-refractivity contribution is 6.22. The minimum absolute atomic E-state index is 0.0433. The molecule has 204 valence electrons. The van der Waals surface area contributed by atoms with Crippen molar-refractivity contribution in [1.82, 2.24) is 15.0 Å². The number of carbonyl (C=O) groups is 1. The van der Waals surface area contributed by atoms with Gasteiger partial charge in [-0.15, -0.1) is 5.11 Å². The van der Waals surface area contributed by atoms with Crippen molar-refractivity contribution in [3.8, 4) is 5.75 Å². The van der Waals surface area contributed by atoms with Crippen molar-refractivity contribution in [3.05, 3.63) is 111 Å². The van der Waals surface area contributed by atoms with E-state index >= 15 is 0 Å². The van der Waals surface area contributed by atoms with Crippen molar-refractivity contribution in [2.75, 3.05) is 5.32 Å². The molecule has 0 saturated heterocycles. The number of amides is 1. The van der Waals surface area contributed by atoms with Crippen LogP contribution in [0.1, 0.15) is 10.4 Å². The van der Waals surface area contributed by atoms with Crippen LogP contribution in [-0.2, 0) is 0 Å².